The maximum Gasteiger partial charge on any atom is 0.305 e. The van der Waals surface area contributed by atoms with Gasteiger partial charge >= 0.3 is 5.97 Å². The quantitative estimate of drug-likeness (QED) is 0.138. The fourth-order valence-electron chi connectivity index (χ4n) is 5.13. The Balaban J connectivity index is 1.26. The molecule has 11 nitrogen and oxygen atoms in total. The number of hydrogen-bond donors (Lipinski definition) is 6. The van der Waals surface area contributed by atoms with E-state index in [1.54, 1.807) is 36.4 Å². The van der Waals surface area contributed by atoms with Crippen LogP contribution in [0.1, 0.15) is 42.2 Å². The molecule has 0 fully saturated rings. The van der Waals surface area contributed by atoms with E-state index >= 15 is 0 Å². The maximum absolute atomic E-state index is 12.8. The molecule has 0 spiro atoms. The van der Waals surface area contributed by atoms with E-state index in [0.29, 0.717) is 35.1 Å². The van der Waals surface area contributed by atoms with E-state index in [9.17, 15) is 24.6 Å². The van der Waals surface area contributed by atoms with Crippen molar-refractivity contribution in [3.05, 3.63) is 96.1 Å². The summed E-state index contributed by atoms with van der Waals surface area (Å²) >= 11 is 0. The average molecular weight is 624 g/mol. The van der Waals surface area contributed by atoms with Gasteiger partial charge in [-0.25, -0.2) is 0 Å². The van der Waals surface area contributed by atoms with E-state index in [2.05, 4.69) is 26.3 Å². The Kier molecular flexibility index (Phi) is 9.82. The van der Waals surface area contributed by atoms with E-state index in [-0.39, 0.29) is 19.6 Å². The summed E-state index contributed by atoms with van der Waals surface area (Å²) in [5.41, 5.74) is 2.75. The number of carbonyl (C=O) groups is 3. The summed E-state index contributed by atoms with van der Waals surface area (Å²) < 4.78 is 6.09. The lowest BCUT2D eigenvalue weighted by Gasteiger charge is -2.25. The molecule has 1 heterocycles. The van der Waals surface area contributed by atoms with Gasteiger partial charge in [-0.1, -0.05) is 60.7 Å². The minimum absolute atomic E-state index is 0.134. The van der Waals surface area contributed by atoms with E-state index in [4.69, 9.17) is 4.74 Å². The number of anilines is 1. The number of carbonyl (C=O) groups excluding carboxylic acids is 2. The Morgan fingerprint density at radius 1 is 0.978 bits per heavy atom. The number of fused-ring (bicyclic) bond motifs is 1. The zero-order chi connectivity index (χ0) is 32.7. The smallest absolute Gasteiger partial charge is 0.305 e. The predicted molar refractivity (Wildman–Crippen MR) is 177 cm³/mol. The predicted octanol–water partition coefficient (Wildman–Crippen LogP) is 4.09. The van der Waals surface area contributed by atoms with Gasteiger partial charge in [0.2, 0.25) is 5.91 Å². The van der Waals surface area contributed by atoms with Crippen molar-refractivity contribution in [2.24, 2.45) is 4.99 Å². The van der Waals surface area contributed by atoms with Gasteiger partial charge in [0, 0.05) is 23.2 Å². The molecule has 0 saturated heterocycles. The number of carboxylic acid groups (broad SMARTS) is 1. The third kappa shape index (κ3) is 7.99. The molecule has 0 unspecified atom stereocenters. The molecule has 5 rings (SSSR count). The van der Waals surface area contributed by atoms with Crippen LogP contribution in [0.4, 0.5) is 5.69 Å². The van der Waals surface area contributed by atoms with Crippen LogP contribution >= 0.6 is 0 Å². The standard InChI is InChI=1S/C35H37N5O6/c1-35(2,21-41)46-30-15-14-26(27-8-3-4-9-28(27)30)22-10-12-23(13-11-22)29(19-32(43)44)40-31(42)20-38-33(45)24-6-5-7-25(18-24)39-34-36-16-17-37-34/h3-15,18,29,41H,16-17,19-21H2,1-2H3,(H,38,45)(H,40,42)(H,43,44)(H2,36,37,39)/t29-/m0/s1. The van der Waals surface area contributed by atoms with Crippen LogP contribution < -0.4 is 26.0 Å². The van der Waals surface area contributed by atoms with Crippen molar-refractivity contribution in [2.45, 2.75) is 31.9 Å². The summed E-state index contributed by atoms with van der Waals surface area (Å²) in [6.45, 7) is 4.60. The lowest BCUT2D eigenvalue weighted by molar-refractivity contribution is -0.137. The van der Waals surface area contributed by atoms with E-state index in [1.165, 1.54) is 0 Å². The highest BCUT2D eigenvalue weighted by Gasteiger charge is 2.22. The normalized spacial score (nSPS) is 13.3. The molecule has 238 valence electrons. The highest BCUT2D eigenvalue weighted by Crippen LogP contribution is 2.36. The van der Waals surface area contributed by atoms with Gasteiger partial charge in [0.25, 0.3) is 5.91 Å². The summed E-state index contributed by atoms with van der Waals surface area (Å²) in [6.07, 6.45) is -0.333. The number of guanidine groups is 1. The number of nitrogens with zero attached hydrogens (tertiary/aromatic N) is 1. The zero-order valence-electron chi connectivity index (χ0n) is 25.7. The summed E-state index contributed by atoms with van der Waals surface area (Å²) in [6, 6.07) is 25.0. The minimum atomic E-state index is -1.07. The number of benzene rings is 4. The zero-order valence-corrected chi connectivity index (χ0v) is 25.7. The van der Waals surface area contributed by atoms with Gasteiger partial charge in [-0.2, -0.15) is 0 Å². The first kappa shape index (κ1) is 32.0. The second-order valence-electron chi connectivity index (χ2n) is 11.6. The number of rotatable bonds is 12. The van der Waals surface area contributed by atoms with E-state index in [0.717, 1.165) is 28.4 Å². The van der Waals surface area contributed by atoms with Gasteiger partial charge < -0.3 is 36.2 Å². The van der Waals surface area contributed by atoms with Crippen LogP contribution in [0.15, 0.2) is 89.9 Å². The van der Waals surface area contributed by atoms with Gasteiger partial charge in [-0.05, 0) is 60.2 Å². The van der Waals surface area contributed by atoms with Crippen LogP contribution in [0.3, 0.4) is 0 Å². The number of carboxylic acids is 1. The van der Waals surface area contributed by atoms with Crippen LogP contribution in [0.2, 0.25) is 0 Å². The molecule has 46 heavy (non-hydrogen) atoms. The molecule has 0 bridgehead atoms. The number of nitrogens with one attached hydrogen (secondary N) is 4. The molecule has 4 aromatic carbocycles. The Hall–Kier alpha value is -5.42. The molecular formula is C35H37N5O6. The second-order valence-corrected chi connectivity index (χ2v) is 11.6. The largest absolute Gasteiger partial charge is 0.485 e. The SMILES string of the molecule is CC(C)(CO)Oc1ccc(-c2ccc([C@H](CC(=O)O)NC(=O)CNC(=O)c3cccc(NC4=NCCN4)c3)cc2)c2ccccc12. The summed E-state index contributed by atoms with van der Waals surface area (Å²) in [4.78, 5) is 41.6. The van der Waals surface area contributed by atoms with Crippen molar-refractivity contribution < 1.29 is 29.3 Å². The third-order valence-electron chi connectivity index (χ3n) is 7.46. The average Bonchev–Trinajstić information content (AvgIpc) is 3.56. The third-order valence-corrected chi connectivity index (χ3v) is 7.46. The Bertz CT molecular complexity index is 1770. The molecule has 1 atom stereocenters. The number of ether oxygens (including phenoxy) is 1. The Morgan fingerprint density at radius 3 is 2.43 bits per heavy atom. The van der Waals surface area contributed by atoms with Gasteiger partial charge in [0.1, 0.15) is 11.4 Å². The van der Waals surface area contributed by atoms with Gasteiger partial charge in [0.15, 0.2) is 5.96 Å². The molecule has 11 heteroatoms. The monoisotopic (exact) mass is 623 g/mol. The van der Waals surface area contributed by atoms with Gasteiger partial charge in [-0.15, -0.1) is 0 Å². The fourth-order valence-corrected chi connectivity index (χ4v) is 5.13. The second kappa shape index (κ2) is 14.1. The lowest BCUT2D eigenvalue weighted by atomic mass is 9.95. The highest BCUT2D eigenvalue weighted by atomic mass is 16.5. The first-order valence-corrected chi connectivity index (χ1v) is 15.0. The molecular weight excluding hydrogens is 586 g/mol. The first-order chi connectivity index (χ1) is 22.1. The molecule has 0 aliphatic carbocycles. The van der Waals surface area contributed by atoms with Gasteiger partial charge in [-0.3, -0.25) is 19.4 Å². The molecule has 2 amide bonds. The van der Waals surface area contributed by atoms with E-state index < -0.39 is 29.4 Å². The van der Waals surface area contributed by atoms with Crippen molar-refractivity contribution in [1.82, 2.24) is 16.0 Å². The van der Waals surface area contributed by atoms with Crippen LogP contribution in [0.25, 0.3) is 21.9 Å². The Labute approximate surface area is 266 Å². The molecule has 1 aliphatic rings. The number of hydrogen-bond acceptors (Lipinski definition) is 8. The molecule has 0 saturated carbocycles. The minimum Gasteiger partial charge on any atom is -0.485 e. The Morgan fingerprint density at radius 2 is 1.74 bits per heavy atom. The van der Waals surface area contributed by atoms with Crippen molar-refractivity contribution in [3.8, 4) is 16.9 Å². The van der Waals surface area contributed by atoms with Crippen LogP contribution in [-0.2, 0) is 9.59 Å². The number of aliphatic hydroxyl groups is 1. The molecule has 1 aliphatic heterocycles. The van der Waals surface area contributed by atoms with Crippen LogP contribution in [-0.4, -0.2) is 65.8 Å². The lowest BCUT2D eigenvalue weighted by Crippen LogP contribution is -2.39. The summed E-state index contributed by atoms with van der Waals surface area (Å²) in [5.74, 6) is -0.741. The number of aliphatic carboxylic acids is 1. The van der Waals surface area contributed by atoms with E-state index in [1.807, 2.05) is 62.4 Å². The summed E-state index contributed by atoms with van der Waals surface area (Å²) in [5, 5.41) is 32.6. The van der Waals surface area contributed by atoms with Crippen molar-refractivity contribution in [3.63, 3.8) is 0 Å². The molecule has 4 aromatic rings. The van der Waals surface area contributed by atoms with Crippen LogP contribution in [0.5, 0.6) is 5.75 Å². The van der Waals surface area contributed by atoms with Crippen molar-refractivity contribution >= 4 is 40.2 Å². The highest BCUT2D eigenvalue weighted by molar-refractivity contribution is 6.01. The molecule has 0 radical (unpaired) electrons. The number of aliphatic hydroxyl groups excluding tert-OH is 1. The van der Waals surface area contributed by atoms with Crippen molar-refractivity contribution in [2.75, 3.05) is 31.6 Å². The summed E-state index contributed by atoms with van der Waals surface area (Å²) in [7, 11) is 0. The topological polar surface area (TPSA) is 161 Å². The number of aliphatic imine (C=N–C) groups is 1. The number of amides is 2. The van der Waals surface area contributed by atoms with Crippen molar-refractivity contribution in [1.29, 1.82) is 0 Å². The maximum atomic E-state index is 12.8. The van der Waals surface area contributed by atoms with Gasteiger partial charge in [0.05, 0.1) is 32.2 Å². The fraction of sp³-hybridized carbons (Fsp3) is 0.257. The van der Waals surface area contributed by atoms with Crippen LogP contribution in [0, 0.1) is 0 Å². The molecule has 0 aromatic heterocycles. The first-order valence-electron chi connectivity index (χ1n) is 15.0. The molecule has 6 N–H and O–H groups in total.